The van der Waals surface area contributed by atoms with Crippen molar-refractivity contribution in [3.63, 3.8) is 0 Å². The Morgan fingerprint density at radius 1 is 1.53 bits per heavy atom. The highest BCUT2D eigenvalue weighted by Gasteiger charge is 2.06. The van der Waals surface area contributed by atoms with Gasteiger partial charge in [0.1, 0.15) is 0 Å². The number of nitrogens with zero attached hydrogens (tertiary/aromatic N) is 3. The van der Waals surface area contributed by atoms with Gasteiger partial charge in [-0.3, -0.25) is 4.79 Å². The van der Waals surface area contributed by atoms with Crippen LogP contribution in [0.4, 0.5) is 5.95 Å². The molecule has 0 saturated carbocycles. The Hall–Kier alpha value is -2.11. The van der Waals surface area contributed by atoms with Crippen LogP contribution in [0.3, 0.4) is 0 Å². The van der Waals surface area contributed by atoms with Crippen LogP contribution in [0.1, 0.15) is 12.5 Å². The number of rotatable bonds is 4. The first-order valence-corrected chi connectivity index (χ1v) is 5.53. The zero-order chi connectivity index (χ0) is 12.3. The highest BCUT2D eigenvalue weighted by Crippen LogP contribution is 2.09. The second-order valence-corrected chi connectivity index (χ2v) is 3.70. The van der Waals surface area contributed by atoms with Crippen molar-refractivity contribution < 1.29 is 4.79 Å². The van der Waals surface area contributed by atoms with Crippen molar-refractivity contribution in [2.45, 2.75) is 13.8 Å². The molecule has 0 aromatic carbocycles. The van der Waals surface area contributed by atoms with Crippen LogP contribution >= 0.6 is 0 Å². The van der Waals surface area contributed by atoms with Gasteiger partial charge >= 0.3 is 0 Å². The number of carbonyl (C=O) groups excluding carboxylic acids is 1. The van der Waals surface area contributed by atoms with Crippen LogP contribution < -0.4 is 10.6 Å². The van der Waals surface area contributed by atoms with E-state index in [1.165, 1.54) is 0 Å². The number of amides is 1. The largest absolute Gasteiger partial charge is 0.355 e. The van der Waals surface area contributed by atoms with Gasteiger partial charge in [-0.1, -0.05) is 6.07 Å². The lowest BCUT2D eigenvalue weighted by Crippen LogP contribution is -2.29. The van der Waals surface area contributed by atoms with Gasteiger partial charge in [-0.15, -0.1) is 5.10 Å². The van der Waals surface area contributed by atoms with Crippen molar-refractivity contribution in [2.75, 3.05) is 18.4 Å². The Balaban J connectivity index is 2.10. The predicted octanol–water partition coefficient (Wildman–Crippen LogP) is 0.586. The molecule has 6 nitrogen and oxygen atoms in total. The Morgan fingerprint density at radius 3 is 3.06 bits per heavy atom. The highest BCUT2D eigenvalue weighted by molar-refractivity contribution is 5.80. The minimum absolute atomic E-state index is 0.0666. The average molecular weight is 233 g/mol. The summed E-state index contributed by atoms with van der Waals surface area (Å²) in [5.41, 5.74) is 1.84. The molecule has 0 bridgehead atoms. The number of carbonyl (C=O) groups is 1. The number of aryl methyl sites for hydroxylation is 1. The van der Waals surface area contributed by atoms with Gasteiger partial charge in [0.15, 0.2) is 5.65 Å². The molecular formula is C11H15N5O. The first kappa shape index (κ1) is 11.4. The van der Waals surface area contributed by atoms with Crippen LogP contribution in [-0.4, -0.2) is 33.6 Å². The Kier molecular flexibility index (Phi) is 3.22. The molecule has 0 radical (unpaired) electrons. The number of nitrogens with one attached hydrogen (secondary N) is 2. The topological polar surface area (TPSA) is 71.3 Å². The molecule has 0 atom stereocenters. The SMILES string of the molecule is CCNC(=O)CNc1nc2c(C)cccn2n1. The number of hydrogen-bond donors (Lipinski definition) is 2. The number of fused-ring (bicyclic) bond motifs is 1. The molecule has 2 rings (SSSR count). The number of anilines is 1. The quantitative estimate of drug-likeness (QED) is 0.810. The highest BCUT2D eigenvalue weighted by atomic mass is 16.1. The summed E-state index contributed by atoms with van der Waals surface area (Å²) in [5.74, 6) is 0.397. The molecule has 6 heteroatoms. The molecule has 0 aliphatic rings. The predicted molar refractivity (Wildman–Crippen MR) is 64.9 cm³/mol. The minimum atomic E-state index is -0.0666. The van der Waals surface area contributed by atoms with E-state index in [1.54, 1.807) is 4.52 Å². The van der Waals surface area contributed by atoms with Gasteiger partial charge in [-0.25, -0.2) is 4.52 Å². The zero-order valence-corrected chi connectivity index (χ0v) is 9.90. The van der Waals surface area contributed by atoms with Crippen LogP contribution in [0.15, 0.2) is 18.3 Å². The standard InChI is InChI=1S/C11H15N5O/c1-3-12-9(17)7-13-11-14-10-8(2)5-4-6-16(10)15-11/h4-6H,3,7H2,1-2H3,(H,12,17)(H,13,15). The second kappa shape index (κ2) is 4.82. The van der Waals surface area contributed by atoms with Gasteiger partial charge < -0.3 is 10.6 Å². The van der Waals surface area contributed by atoms with Gasteiger partial charge in [-0.2, -0.15) is 4.98 Å². The fourth-order valence-corrected chi connectivity index (χ4v) is 1.53. The average Bonchev–Trinajstić information content (AvgIpc) is 2.71. The van der Waals surface area contributed by atoms with Gasteiger partial charge in [0.25, 0.3) is 0 Å². The summed E-state index contributed by atoms with van der Waals surface area (Å²) in [4.78, 5) is 15.6. The lowest BCUT2D eigenvalue weighted by molar-refractivity contribution is -0.119. The van der Waals surface area contributed by atoms with E-state index in [-0.39, 0.29) is 12.5 Å². The van der Waals surface area contributed by atoms with E-state index < -0.39 is 0 Å². The number of pyridine rings is 1. The maximum absolute atomic E-state index is 11.3. The normalized spacial score (nSPS) is 10.5. The summed E-state index contributed by atoms with van der Waals surface area (Å²) in [6.07, 6.45) is 1.83. The van der Waals surface area contributed by atoms with E-state index in [9.17, 15) is 4.79 Å². The molecule has 0 aliphatic heterocycles. The molecule has 0 spiro atoms. The van der Waals surface area contributed by atoms with Crippen LogP contribution in [-0.2, 0) is 4.79 Å². The summed E-state index contributed by atoms with van der Waals surface area (Å²) in [7, 11) is 0. The first-order valence-electron chi connectivity index (χ1n) is 5.53. The molecule has 2 aromatic heterocycles. The van der Waals surface area contributed by atoms with E-state index >= 15 is 0 Å². The summed E-state index contributed by atoms with van der Waals surface area (Å²) < 4.78 is 1.69. The van der Waals surface area contributed by atoms with E-state index in [4.69, 9.17) is 0 Å². The molecule has 1 amide bonds. The Labute approximate surface area is 99.0 Å². The van der Waals surface area contributed by atoms with Crippen LogP contribution in [0.5, 0.6) is 0 Å². The Morgan fingerprint density at radius 2 is 2.35 bits per heavy atom. The van der Waals surface area contributed by atoms with Crippen molar-refractivity contribution in [2.24, 2.45) is 0 Å². The van der Waals surface area contributed by atoms with Gasteiger partial charge in [0.05, 0.1) is 6.54 Å². The van der Waals surface area contributed by atoms with Crippen molar-refractivity contribution >= 4 is 17.5 Å². The van der Waals surface area contributed by atoms with Gasteiger partial charge in [-0.05, 0) is 25.5 Å². The molecule has 0 unspecified atom stereocenters. The van der Waals surface area contributed by atoms with Gasteiger partial charge in [0, 0.05) is 12.7 Å². The van der Waals surface area contributed by atoms with E-state index in [0.717, 1.165) is 11.2 Å². The smallest absolute Gasteiger partial charge is 0.243 e. The zero-order valence-electron chi connectivity index (χ0n) is 9.90. The van der Waals surface area contributed by atoms with E-state index in [2.05, 4.69) is 20.7 Å². The molecule has 17 heavy (non-hydrogen) atoms. The Bertz CT molecular complexity index is 534. The molecule has 0 aliphatic carbocycles. The lowest BCUT2D eigenvalue weighted by Gasteiger charge is -2.01. The van der Waals surface area contributed by atoms with E-state index in [0.29, 0.717) is 12.5 Å². The lowest BCUT2D eigenvalue weighted by atomic mass is 10.3. The summed E-state index contributed by atoms with van der Waals surface area (Å²) >= 11 is 0. The third-order valence-electron chi connectivity index (χ3n) is 2.34. The number of aromatic nitrogens is 3. The minimum Gasteiger partial charge on any atom is -0.355 e. The maximum Gasteiger partial charge on any atom is 0.243 e. The molecule has 2 heterocycles. The van der Waals surface area contributed by atoms with Crippen LogP contribution in [0.2, 0.25) is 0 Å². The molecule has 90 valence electrons. The first-order chi connectivity index (χ1) is 8.20. The fourth-order valence-electron chi connectivity index (χ4n) is 1.53. The number of likely N-dealkylation sites (N-methyl/N-ethyl adjacent to an activating group) is 1. The third-order valence-corrected chi connectivity index (χ3v) is 2.34. The summed E-state index contributed by atoms with van der Waals surface area (Å²) in [5, 5.41) is 9.81. The van der Waals surface area contributed by atoms with Crippen LogP contribution in [0.25, 0.3) is 5.65 Å². The van der Waals surface area contributed by atoms with Crippen molar-refractivity contribution in [3.8, 4) is 0 Å². The van der Waals surface area contributed by atoms with Crippen molar-refractivity contribution in [1.82, 2.24) is 19.9 Å². The molecular weight excluding hydrogens is 218 g/mol. The van der Waals surface area contributed by atoms with Crippen LogP contribution in [0, 0.1) is 6.92 Å². The van der Waals surface area contributed by atoms with Crippen molar-refractivity contribution in [3.05, 3.63) is 23.9 Å². The molecule has 0 fully saturated rings. The molecule has 2 N–H and O–H groups in total. The van der Waals surface area contributed by atoms with E-state index in [1.807, 2.05) is 32.2 Å². The molecule has 2 aromatic rings. The summed E-state index contributed by atoms with van der Waals surface area (Å²) in [6.45, 7) is 4.66. The van der Waals surface area contributed by atoms with Crippen molar-refractivity contribution in [1.29, 1.82) is 0 Å². The summed E-state index contributed by atoms with van der Waals surface area (Å²) in [6, 6.07) is 3.88. The third kappa shape index (κ3) is 2.52. The second-order valence-electron chi connectivity index (χ2n) is 3.70. The maximum atomic E-state index is 11.3. The monoisotopic (exact) mass is 233 g/mol. The fraction of sp³-hybridized carbons (Fsp3) is 0.364. The molecule has 0 saturated heterocycles. The van der Waals surface area contributed by atoms with Gasteiger partial charge in [0.2, 0.25) is 11.9 Å². The number of hydrogen-bond acceptors (Lipinski definition) is 4.